The predicted octanol–water partition coefficient (Wildman–Crippen LogP) is 2.38. The molecule has 2 aromatic rings. The van der Waals surface area contributed by atoms with Crippen molar-refractivity contribution in [3.8, 4) is 5.75 Å². The van der Waals surface area contributed by atoms with Gasteiger partial charge in [-0.15, -0.1) is 0 Å². The van der Waals surface area contributed by atoms with Gasteiger partial charge in [-0.05, 0) is 54.8 Å². The van der Waals surface area contributed by atoms with E-state index in [1.807, 2.05) is 0 Å². The van der Waals surface area contributed by atoms with Crippen molar-refractivity contribution in [2.45, 2.75) is 18.3 Å². The molecule has 1 heterocycles. The number of anilines is 1. The summed E-state index contributed by atoms with van der Waals surface area (Å²) in [4.78, 5) is 23.9. The maximum absolute atomic E-state index is 13.7. The molecule has 6 nitrogen and oxygen atoms in total. The topological polar surface area (TPSA) is 90.7 Å². The molecule has 0 spiro atoms. The van der Waals surface area contributed by atoms with E-state index in [-0.39, 0.29) is 18.3 Å². The molecule has 0 atom stereocenters. The van der Waals surface area contributed by atoms with E-state index in [2.05, 4.69) is 5.32 Å². The van der Waals surface area contributed by atoms with Gasteiger partial charge >= 0.3 is 0 Å². The van der Waals surface area contributed by atoms with E-state index in [4.69, 9.17) is 15.2 Å². The lowest BCUT2D eigenvalue weighted by molar-refractivity contribution is -0.125. The molecule has 1 aliphatic rings. The lowest BCUT2D eigenvalue weighted by Gasteiger charge is -2.36. The Morgan fingerprint density at radius 3 is 2.48 bits per heavy atom. The molecule has 0 bridgehead atoms. The Kier molecular flexibility index (Phi) is 5.71. The van der Waals surface area contributed by atoms with Crippen LogP contribution >= 0.6 is 0 Å². The van der Waals surface area contributed by atoms with E-state index < -0.39 is 11.3 Å². The molecule has 3 N–H and O–H groups in total. The Balaban J connectivity index is 1.78. The summed E-state index contributed by atoms with van der Waals surface area (Å²) in [5.41, 5.74) is 5.42. The lowest BCUT2D eigenvalue weighted by atomic mass is 9.73. The quantitative estimate of drug-likeness (QED) is 0.815. The van der Waals surface area contributed by atoms with Crippen LogP contribution in [-0.4, -0.2) is 31.6 Å². The van der Waals surface area contributed by atoms with Crippen molar-refractivity contribution in [3.63, 3.8) is 0 Å². The van der Waals surface area contributed by atoms with Gasteiger partial charge in [0.2, 0.25) is 5.91 Å². The van der Waals surface area contributed by atoms with Crippen LogP contribution in [0.2, 0.25) is 0 Å². The Bertz CT molecular complexity index is 817. The fourth-order valence-electron chi connectivity index (χ4n) is 3.19. The molecule has 2 amide bonds. The molecule has 2 aromatic carbocycles. The summed E-state index contributed by atoms with van der Waals surface area (Å²) in [6, 6.07) is 12.8. The number of halogens is 1. The lowest BCUT2D eigenvalue weighted by Crippen LogP contribution is -2.44. The largest absolute Gasteiger partial charge is 0.484 e. The molecule has 27 heavy (non-hydrogen) atoms. The maximum atomic E-state index is 13.7. The Labute approximate surface area is 156 Å². The Morgan fingerprint density at radius 2 is 1.85 bits per heavy atom. The summed E-state index contributed by atoms with van der Waals surface area (Å²) in [6.07, 6.45) is 0.949. The van der Waals surface area contributed by atoms with Gasteiger partial charge in [0.15, 0.2) is 6.61 Å². The van der Waals surface area contributed by atoms with Crippen LogP contribution in [0.5, 0.6) is 5.75 Å². The van der Waals surface area contributed by atoms with Crippen molar-refractivity contribution in [2.24, 2.45) is 5.73 Å². The summed E-state index contributed by atoms with van der Waals surface area (Å²) < 4.78 is 24.4. The third-order valence-corrected chi connectivity index (χ3v) is 4.65. The number of nitrogens with two attached hydrogens (primary N) is 1. The smallest absolute Gasteiger partial charge is 0.255 e. The fraction of sp³-hybridized carbons (Fsp3) is 0.300. The zero-order valence-electron chi connectivity index (χ0n) is 14.7. The summed E-state index contributed by atoms with van der Waals surface area (Å²) in [5, 5.41) is 2.90. The van der Waals surface area contributed by atoms with Gasteiger partial charge in [-0.25, -0.2) is 4.39 Å². The van der Waals surface area contributed by atoms with Gasteiger partial charge < -0.3 is 20.5 Å². The molecule has 1 saturated heterocycles. The number of amides is 2. The zero-order valence-corrected chi connectivity index (χ0v) is 14.7. The van der Waals surface area contributed by atoms with Crippen LogP contribution in [0.1, 0.15) is 18.4 Å². The molecule has 0 aliphatic carbocycles. The van der Waals surface area contributed by atoms with E-state index in [1.165, 1.54) is 12.1 Å². The van der Waals surface area contributed by atoms with Crippen LogP contribution < -0.4 is 15.8 Å². The summed E-state index contributed by atoms with van der Waals surface area (Å²) >= 11 is 0. The second-order valence-electron chi connectivity index (χ2n) is 6.44. The van der Waals surface area contributed by atoms with E-state index in [9.17, 15) is 14.0 Å². The molecule has 0 unspecified atom stereocenters. The number of ether oxygens (including phenoxy) is 2. The third-order valence-electron chi connectivity index (χ3n) is 4.65. The maximum Gasteiger partial charge on any atom is 0.255 e. The van der Waals surface area contributed by atoms with Crippen molar-refractivity contribution < 1.29 is 23.5 Å². The van der Waals surface area contributed by atoms with Crippen molar-refractivity contribution in [1.82, 2.24) is 0 Å². The van der Waals surface area contributed by atoms with Gasteiger partial charge in [-0.2, -0.15) is 0 Å². The molecule has 3 rings (SSSR count). The summed E-state index contributed by atoms with van der Waals surface area (Å²) in [7, 11) is 0. The number of hydrogen-bond donors (Lipinski definition) is 2. The summed E-state index contributed by atoms with van der Waals surface area (Å²) in [5.74, 6) is -0.675. The van der Waals surface area contributed by atoms with Gasteiger partial charge in [-0.3, -0.25) is 9.59 Å². The number of carbonyl (C=O) groups excluding carboxylic acids is 2. The second-order valence-corrected chi connectivity index (χ2v) is 6.44. The van der Waals surface area contributed by atoms with Crippen molar-refractivity contribution in [2.75, 3.05) is 25.1 Å². The van der Waals surface area contributed by atoms with Gasteiger partial charge in [0.05, 0.1) is 5.41 Å². The minimum absolute atomic E-state index is 0.206. The number of carbonyl (C=O) groups is 2. The highest BCUT2D eigenvalue weighted by Gasteiger charge is 2.42. The van der Waals surface area contributed by atoms with Gasteiger partial charge in [0.1, 0.15) is 11.6 Å². The second kappa shape index (κ2) is 8.18. The highest BCUT2D eigenvalue weighted by molar-refractivity contribution is 5.99. The van der Waals surface area contributed by atoms with Gasteiger partial charge in [0.25, 0.3) is 5.91 Å². The Hall–Kier alpha value is -2.93. The van der Waals surface area contributed by atoms with Gasteiger partial charge in [0, 0.05) is 18.9 Å². The first kappa shape index (κ1) is 18.8. The standard InChI is InChI=1S/C20H21FN2O4/c21-15-3-1-2-14(12-15)20(8-10-26-11-9-20)19(25)23-16-4-6-17(7-5-16)27-13-18(22)24/h1-7,12H,8-11,13H2,(H2,22,24)(H,23,25). The van der Waals surface area contributed by atoms with Crippen molar-refractivity contribution in [1.29, 1.82) is 0 Å². The zero-order chi connectivity index (χ0) is 19.3. The molecule has 0 aromatic heterocycles. The predicted molar refractivity (Wildman–Crippen MR) is 97.9 cm³/mol. The highest BCUT2D eigenvalue weighted by atomic mass is 19.1. The average molecular weight is 372 g/mol. The van der Waals surface area contributed by atoms with E-state index >= 15 is 0 Å². The molecule has 142 valence electrons. The van der Waals surface area contributed by atoms with E-state index in [0.717, 1.165) is 0 Å². The van der Waals surface area contributed by atoms with Crippen LogP contribution in [0.25, 0.3) is 0 Å². The van der Waals surface area contributed by atoms with Crippen LogP contribution in [0.4, 0.5) is 10.1 Å². The SMILES string of the molecule is NC(=O)COc1ccc(NC(=O)C2(c3cccc(F)c3)CCOCC2)cc1. The van der Waals surface area contributed by atoms with Gasteiger partial charge in [-0.1, -0.05) is 12.1 Å². The first-order chi connectivity index (χ1) is 13.0. The number of primary amides is 1. The van der Waals surface area contributed by atoms with Crippen molar-refractivity contribution in [3.05, 3.63) is 59.9 Å². The summed E-state index contributed by atoms with van der Waals surface area (Å²) in [6.45, 7) is 0.655. The minimum atomic E-state index is -0.846. The molecule has 1 fully saturated rings. The number of rotatable bonds is 6. The third kappa shape index (κ3) is 4.43. The van der Waals surface area contributed by atoms with Crippen LogP contribution in [-0.2, 0) is 19.7 Å². The fourth-order valence-corrected chi connectivity index (χ4v) is 3.19. The molecule has 0 radical (unpaired) electrons. The normalized spacial score (nSPS) is 15.7. The average Bonchev–Trinajstić information content (AvgIpc) is 2.68. The monoisotopic (exact) mass is 372 g/mol. The van der Waals surface area contributed by atoms with Crippen molar-refractivity contribution >= 4 is 17.5 Å². The molecule has 0 saturated carbocycles. The van der Waals surface area contributed by atoms with E-state index in [1.54, 1.807) is 36.4 Å². The molecule has 7 heteroatoms. The van der Waals surface area contributed by atoms with Crippen LogP contribution in [0.3, 0.4) is 0 Å². The highest BCUT2D eigenvalue weighted by Crippen LogP contribution is 2.36. The van der Waals surface area contributed by atoms with Crippen LogP contribution in [0.15, 0.2) is 48.5 Å². The first-order valence-electron chi connectivity index (χ1n) is 8.66. The molecular formula is C20H21FN2O4. The molecule has 1 aliphatic heterocycles. The Morgan fingerprint density at radius 1 is 1.15 bits per heavy atom. The first-order valence-corrected chi connectivity index (χ1v) is 8.66. The minimum Gasteiger partial charge on any atom is -0.484 e. The molecular weight excluding hydrogens is 351 g/mol. The number of hydrogen-bond acceptors (Lipinski definition) is 4. The van der Waals surface area contributed by atoms with Crippen LogP contribution in [0, 0.1) is 5.82 Å². The van der Waals surface area contributed by atoms with E-state index in [0.29, 0.717) is 43.1 Å². The number of nitrogens with one attached hydrogen (secondary N) is 1. The number of benzene rings is 2.